The maximum absolute atomic E-state index is 12.5. The molecule has 1 amide bonds. The Labute approximate surface area is 156 Å². The fourth-order valence-corrected chi connectivity index (χ4v) is 4.84. The molecule has 142 valence electrons. The van der Waals surface area contributed by atoms with E-state index >= 15 is 0 Å². The van der Waals surface area contributed by atoms with Gasteiger partial charge in [-0.2, -0.15) is 0 Å². The molecular formula is C21H32N4O. The van der Waals surface area contributed by atoms with Gasteiger partial charge in [0.25, 0.3) is 0 Å². The van der Waals surface area contributed by atoms with Crippen LogP contribution in [0.3, 0.4) is 0 Å². The van der Waals surface area contributed by atoms with Crippen molar-refractivity contribution in [3.63, 3.8) is 0 Å². The van der Waals surface area contributed by atoms with Crippen molar-refractivity contribution in [2.24, 2.45) is 5.92 Å². The monoisotopic (exact) mass is 356 g/mol. The van der Waals surface area contributed by atoms with Gasteiger partial charge in [-0.3, -0.25) is 4.79 Å². The van der Waals surface area contributed by atoms with Crippen LogP contribution in [-0.4, -0.2) is 36.1 Å². The van der Waals surface area contributed by atoms with Gasteiger partial charge in [-0.05, 0) is 49.7 Å². The van der Waals surface area contributed by atoms with Crippen LogP contribution in [0.1, 0.15) is 63.4 Å². The molecule has 1 saturated carbocycles. The molecule has 0 bridgehead atoms. The highest BCUT2D eigenvalue weighted by molar-refractivity contribution is 5.82. The van der Waals surface area contributed by atoms with Crippen LogP contribution in [-0.2, 0) is 11.3 Å². The van der Waals surface area contributed by atoms with Gasteiger partial charge in [-0.1, -0.05) is 31.7 Å². The molecule has 0 spiro atoms. The minimum atomic E-state index is -0.00701. The van der Waals surface area contributed by atoms with E-state index in [1.807, 2.05) is 6.20 Å². The van der Waals surface area contributed by atoms with Crippen molar-refractivity contribution < 1.29 is 4.79 Å². The lowest BCUT2D eigenvalue weighted by atomic mass is 9.85. The van der Waals surface area contributed by atoms with Gasteiger partial charge in [0.1, 0.15) is 5.82 Å². The lowest BCUT2D eigenvalue weighted by molar-refractivity contribution is -0.123. The van der Waals surface area contributed by atoms with E-state index in [1.165, 1.54) is 51.4 Å². The third-order valence-corrected chi connectivity index (χ3v) is 6.39. The summed E-state index contributed by atoms with van der Waals surface area (Å²) in [6.07, 6.45) is 13.2. The Bertz CT molecular complexity index is 581. The van der Waals surface area contributed by atoms with Gasteiger partial charge in [-0.25, -0.2) is 4.98 Å². The van der Waals surface area contributed by atoms with Crippen molar-refractivity contribution in [3.05, 3.63) is 23.9 Å². The van der Waals surface area contributed by atoms with Gasteiger partial charge in [0.15, 0.2) is 0 Å². The van der Waals surface area contributed by atoms with E-state index in [-0.39, 0.29) is 11.9 Å². The summed E-state index contributed by atoms with van der Waals surface area (Å²) in [7, 11) is 0. The number of hydrogen-bond donors (Lipinski definition) is 2. The number of fused-ring (bicyclic) bond motifs is 1. The first-order valence-corrected chi connectivity index (χ1v) is 10.5. The molecule has 2 N–H and O–H groups in total. The number of carbonyl (C=O) groups is 1. The molecule has 3 unspecified atom stereocenters. The highest BCUT2D eigenvalue weighted by Gasteiger charge is 2.37. The van der Waals surface area contributed by atoms with Gasteiger partial charge in [0.05, 0.1) is 6.04 Å². The summed E-state index contributed by atoms with van der Waals surface area (Å²) >= 11 is 0. The summed E-state index contributed by atoms with van der Waals surface area (Å²) in [4.78, 5) is 19.5. The number of hydrogen-bond acceptors (Lipinski definition) is 4. The molecule has 5 heteroatoms. The van der Waals surface area contributed by atoms with E-state index in [2.05, 4.69) is 32.7 Å². The summed E-state index contributed by atoms with van der Waals surface area (Å²) in [6, 6.07) is 4.77. The van der Waals surface area contributed by atoms with Crippen LogP contribution >= 0.6 is 0 Å². The molecule has 3 heterocycles. The van der Waals surface area contributed by atoms with Crippen LogP contribution < -0.4 is 15.5 Å². The zero-order chi connectivity index (χ0) is 17.8. The van der Waals surface area contributed by atoms with Crippen molar-refractivity contribution in [1.29, 1.82) is 0 Å². The minimum absolute atomic E-state index is 0.00701. The van der Waals surface area contributed by atoms with E-state index in [1.54, 1.807) is 0 Å². The van der Waals surface area contributed by atoms with Crippen molar-refractivity contribution in [2.75, 3.05) is 18.0 Å². The molecule has 1 aromatic rings. The number of rotatable bonds is 4. The summed E-state index contributed by atoms with van der Waals surface area (Å²) in [5, 5.41) is 6.66. The maximum atomic E-state index is 12.5. The lowest BCUT2D eigenvalue weighted by Crippen LogP contribution is -2.42. The molecule has 0 aromatic carbocycles. The van der Waals surface area contributed by atoms with Gasteiger partial charge in [0, 0.05) is 31.9 Å². The molecule has 3 atom stereocenters. The number of carbonyl (C=O) groups excluding carboxylic acids is 1. The maximum Gasteiger partial charge on any atom is 0.237 e. The second kappa shape index (κ2) is 8.38. The number of anilines is 1. The normalized spacial score (nSPS) is 29.1. The Morgan fingerprint density at radius 1 is 1.12 bits per heavy atom. The topological polar surface area (TPSA) is 57.3 Å². The average Bonchev–Trinajstić information content (AvgIpc) is 2.93. The van der Waals surface area contributed by atoms with Gasteiger partial charge < -0.3 is 15.5 Å². The molecule has 1 aliphatic carbocycles. The van der Waals surface area contributed by atoms with Crippen molar-refractivity contribution in [1.82, 2.24) is 15.6 Å². The Balaban J connectivity index is 1.27. The number of nitrogens with zero attached hydrogens (tertiary/aromatic N) is 2. The van der Waals surface area contributed by atoms with E-state index in [9.17, 15) is 4.79 Å². The van der Waals surface area contributed by atoms with Gasteiger partial charge in [0.2, 0.25) is 5.91 Å². The molecule has 0 radical (unpaired) electrons. The Morgan fingerprint density at radius 2 is 1.92 bits per heavy atom. The van der Waals surface area contributed by atoms with E-state index < -0.39 is 0 Å². The van der Waals surface area contributed by atoms with Crippen molar-refractivity contribution in [2.45, 2.75) is 76.4 Å². The predicted octanol–water partition coefficient (Wildman–Crippen LogP) is 3.00. The highest BCUT2D eigenvalue weighted by atomic mass is 16.2. The largest absolute Gasteiger partial charge is 0.357 e. The van der Waals surface area contributed by atoms with E-state index in [0.29, 0.717) is 18.5 Å². The number of aromatic nitrogens is 1. The summed E-state index contributed by atoms with van der Waals surface area (Å²) in [5.74, 6) is 1.92. The second-order valence-electron chi connectivity index (χ2n) is 8.25. The summed E-state index contributed by atoms with van der Waals surface area (Å²) in [6.45, 7) is 2.79. The van der Waals surface area contributed by atoms with Crippen LogP contribution in [0, 0.1) is 5.92 Å². The average molecular weight is 357 g/mol. The van der Waals surface area contributed by atoms with Crippen LogP contribution in [0.2, 0.25) is 0 Å². The van der Waals surface area contributed by atoms with E-state index in [4.69, 9.17) is 0 Å². The third kappa shape index (κ3) is 4.20. The zero-order valence-corrected chi connectivity index (χ0v) is 15.8. The van der Waals surface area contributed by atoms with Crippen LogP contribution in [0.15, 0.2) is 18.3 Å². The van der Waals surface area contributed by atoms with Crippen molar-refractivity contribution >= 4 is 11.7 Å². The fourth-order valence-electron chi connectivity index (χ4n) is 4.84. The first-order chi connectivity index (χ1) is 12.8. The predicted molar refractivity (Wildman–Crippen MR) is 104 cm³/mol. The molecular weight excluding hydrogens is 324 g/mol. The molecule has 2 aliphatic heterocycles. The number of pyridine rings is 1. The molecule has 4 rings (SSSR count). The Kier molecular flexibility index (Phi) is 5.73. The van der Waals surface area contributed by atoms with Crippen LogP contribution in [0.5, 0.6) is 0 Å². The zero-order valence-electron chi connectivity index (χ0n) is 15.8. The first kappa shape index (κ1) is 17.8. The smallest absolute Gasteiger partial charge is 0.237 e. The minimum Gasteiger partial charge on any atom is -0.357 e. The Morgan fingerprint density at radius 3 is 2.65 bits per heavy atom. The SMILES string of the molecule is O=C(NCc1ccc(N2CCCCCC2)nc1)C1CC2CCCCC2N1. The summed E-state index contributed by atoms with van der Waals surface area (Å²) < 4.78 is 0. The lowest BCUT2D eigenvalue weighted by Gasteiger charge is -2.24. The molecule has 5 nitrogen and oxygen atoms in total. The third-order valence-electron chi connectivity index (χ3n) is 6.39. The molecule has 3 aliphatic rings. The van der Waals surface area contributed by atoms with Crippen LogP contribution in [0.4, 0.5) is 5.82 Å². The second-order valence-corrected chi connectivity index (χ2v) is 8.25. The molecule has 26 heavy (non-hydrogen) atoms. The quantitative estimate of drug-likeness (QED) is 0.871. The number of nitrogens with one attached hydrogen (secondary N) is 2. The Hall–Kier alpha value is -1.62. The number of amides is 1. The standard InChI is InChI=1S/C21H32N4O/c26-21(19-13-17-7-3-4-8-18(17)24-19)23-15-16-9-10-20(22-14-16)25-11-5-1-2-6-12-25/h9-10,14,17-19,24H,1-8,11-13,15H2,(H,23,26). The van der Waals surface area contributed by atoms with E-state index in [0.717, 1.165) is 30.9 Å². The van der Waals surface area contributed by atoms with Crippen molar-refractivity contribution in [3.8, 4) is 0 Å². The molecule has 1 aromatic heterocycles. The van der Waals surface area contributed by atoms with Crippen LogP contribution in [0.25, 0.3) is 0 Å². The fraction of sp³-hybridized carbons (Fsp3) is 0.714. The highest BCUT2D eigenvalue weighted by Crippen LogP contribution is 2.33. The molecule has 3 fully saturated rings. The summed E-state index contributed by atoms with van der Waals surface area (Å²) in [5.41, 5.74) is 1.08. The first-order valence-electron chi connectivity index (χ1n) is 10.5. The molecule has 2 saturated heterocycles. The van der Waals surface area contributed by atoms with Gasteiger partial charge >= 0.3 is 0 Å². The van der Waals surface area contributed by atoms with Gasteiger partial charge in [-0.15, -0.1) is 0 Å².